The molecule has 0 radical (unpaired) electrons. The molecule has 13 heteroatoms. The summed E-state index contributed by atoms with van der Waals surface area (Å²) in [6, 6.07) is 3.43. The molecule has 0 saturated heterocycles. The van der Waals surface area contributed by atoms with Gasteiger partial charge < -0.3 is 10.5 Å². The molecule has 0 bridgehead atoms. The highest BCUT2D eigenvalue weighted by Crippen LogP contribution is 2.34. The number of carbonyl (C=O) groups excluding carboxylic acids is 2. The van der Waals surface area contributed by atoms with E-state index < -0.39 is 44.7 Å². The molecule has 3 heterocycles. The van der Waals surface area contributed by atoms with E-state index in [1.807, 2.05) is 0 Å². The molecule has 0 aliphatic carbocycles. The predicted octanol–water partition coefficient (Wildman–Crippen LogP) is 2.01. The fourth-order valence-corrected chi connectivity index (χ4v) is 3.99. The van der Waals surface area contributed by atoms with Crippen LogP contribution in [-0.2, 0) is 23.1 Å². The van der Waals surface area contributed by atoms with E-state index in [0.29, 0.717) is 28.8 Å². The van der Waals surface area contributed by atoms with Gasteiger partial charge in [0.1, 0.15) is 17.3 Å². The minimum absolute atomic E-state index is 0.117. The summed E-state index contributed by atoms with van der Waals surface area (Å²) in [7, 11) is -4.50. The van der Waals surface area contributed by atoms with Crippen LogP contribution in [0.25, 0.3) is 11.0 Å². The third-order valence-electron chi connectivity index (χ3n) is 4.94. The average Bonchev–Trinajstić information content (AvgIpc) is 2.76. The number of pyridine rings is 2. The molecule has 2 amide bonds. The molecule has 1 aliphatic rings. The van der Waals surface area contributed by atoms with Gasteiger partial charge in [-0.25, -0.2) is 32.0 Å². The Labute approximate surface area is 179 Å². The first-order chi connectivity index (χ1) is 15.1. The number of sulfonamides is 1. The molecule has 1 aliphatic heterocycles. The fraction of sp³-hybridized carbons (Fsp3) is 0.158. The SMILES string of the molecule is CC(=O)c1ccc2c3c(cnc2n1)CNC(=O)N3Cc1c(F)cc(S(=O)(=O)NO)cc1F. The number of amides is 2. The van der Waals surface area contributed by atoms with Crippen LogP contribution in [0.15, 0.2) is 35.4 Å². The molecule has 3 aromatic rings. The van der Waals surface area contributed by atoms with Gasteiger partial charge in [0.25, 0.3) is 10.0 Å². The molecule has 0 unspecified atom stereocenters. The molecule has 2 aromatic heterocycles. The zero-order valence-corrected chi connectivity index (χ0v) is 17.2. The molecule has 166 valence electrons. The van der Waals surface area contributed by atoms with Crippen molar-refractivity contribution < 1.29 is 32.0 Å². The standard InChI is InChI=1S/C19H15F2N5O5S/c1-9(27)16-3-2-12-17-10(6-22-18(12)24-16)7-23-19(28)26(17)8-13-14(20)4-11(5-15(13)21)32(30,31)25-29/h2-6,25,29H,7-8H2,1H3,(H,23,28). The smallest absolute Gasteiger partial charge is 0.322 e. The van der Waals surface area contributed by atoms with E-state index in [9.17, 15) is 26.8 Å². The van der Waals surface area contributed by atoms with Crippen LogP contribution in [0.3, 0.4) is 0 Å². The lowest BCUT2D eigenvalue weighted by Crippen LogP contribution is -2.44. The van der Waals surface area contributed by atoms with Crippen molar-refractivity contribution in [1.82, 2.24) is 20.2 Å². The summed E-state index contributed by atoms with van der Waals surface area (Å²) in [5, 5.41) is 11.7. The van der Waals surface area contributed by atoms with Crippen molar-refractivity contribution in [3.63, 3.8) is 0 Å². The van der Waals surface area contributed by atoms with Gasteiger partial charge in [-0.2, -0.15) is 0 Å². The van der Waals surface area contributed by atoms with E-state index in [4.69, 9.17) is 5.21 Å². The van der Waals surface area contributed by atoms with Gasteiger partial charge in [0, 0.05) is 36.2 Å². The highest BCUT2D eigenvalue weighted by Gasteiger charge is 2.29. The molecular formula is C19H15F2N5O5S. The van der Waals surface area contributed by atoms with Crippen molar-refractivity contribution in [2.24, 2.45) is 0 Å². The number of urea groups is 1. The molecule has 1 aromatic carbocycles. The summed E-state index contributed by atoms with van der Waals surface area (Å²) in [5.41, 5.74) is 0.645. The summed E-state index contributed by atoms with van der Waals surface area (Å²) in [5.74, 6) is -2.74. The number of carbonyl (C=O) groups is 2. The van der Waals surface area contributed by atoms with Crippen LogP contribution < -0.4 is 15.1 Å². The highest BCUT2D eigenvalue weighted by atomic mass is 32.2. The molecule has 10 nitrogen and oxygen atoms in total. The Balaban J connectivity index is 1.83. The monoisotopic (exact) mass is 463 g/mol. The maximum Gasteiger partial charge on any atom is 0.322 e. The molecule has 0 spiro atoms. The lowest BCUT2D eigenvalue weighted by molar-refractivity contribution is 0.101. The van der Waals surface area contributed by atoms with E-state index in [-0.39, 0.29) is 23.7 Å². The number of halogens is 2. The molecule has 4 rings (SSSR count). The molecule has 0 fully saturated rings. The van der Waals surface area contributed by atoms with Crippen LogP contribution in [0.5, 0.6) is 0 Å². The van der Waals surface area contributed by atoms with Crippen molar-refractivity contribution in [3.05, 3.63) is 58.9 Å². The number of benzene rings is 1. The fourth-order valence-electron chi connectivity index (χ4n) is 3.36. The summed E-state index contributed by atoms with van der Waals surface area (Å²) >= 11 is 0. The van der Waals surface area contributed by atoms with Crippen molar-refractivity contribution >= 4 is 38.6 Å². The zero-order chi connectivity index (χ0) is 23.2. The van der Waals surface area contributed by atoms with E-state index in [1.54, 1.807) is 6.07 Å². The second-order valence-electron chi connectivity index (χ2n) is 6.96. The maximum atomic E-state index is 14.7. The largest absolute Gasteiger partial charge is 0.333 e. The van der Waals surface area contributed by atoms with E-state index in [0.717, 1.165) is 9.79 Å². The first-order valence-electron chi connectivity index (χ1n) is 9.11. The lowest BCUT2D eigenvalue weighted by atomic mass is 10.1. The maximum absolute atomic E-state index is 14.7. The number of aromatic nitrogens is 2. The minimum Gasteiger partial charge on any atom is -0.333 e. The predicted molar refractivity (Wildman–Crippen MR) is 106 cm³/mol. The summed E-state index contributed by atoms with van der Waals surface area (Å²) in [6.07, 6.45) is 1.44. The van der Waals surface area contributed by atoms with Gasteiger partial charge in [-0.15, -0.1) is 0 Å². The molecule has 32 heavy (non-hydrogen) atoms. The molecule has 3 N–H and O–H groups in total. The topological polar surface area (TPSA) is 142 Å². The van der Waals surface area contributed by atoms with Gasteiger partial charge in [-0.05, 0) is 24.3 Å². The van der Waals surface area contributed by atoms with Crippen LogP contribution in [0.2, 0.25) is 0 Å². The van der Waals surface area contributed by atoms with Crippen molar-refractivity contribution in [1.29, 1.82) is 0 Å². The molecule has 0 atom stereocenters. The quantitative estimate of drug-likeness (QED) is 0.388. The lowest BCUT2D eigenvalue weighted by Gasteiger charge is -2.31. The Morgan fingerprint density at radius 2 is 1.97 bits per heavy atom. The summed E-state index contributed by atoms with van der Waals surface area (Å²) in [6.45, 7) is 0.886. The first-order valence-corrected chi connectivity index (χ1v) is 10.6. The van der Waals surface area contributed by atoms with Gasteiger partial charge in [0.15, 0.2) is 11.4 Å². The van der Waals surface area contributed by atoms with E-state index >= 15 is 0 Å². The van der Waals surface area contributed by atoms with Crippen LogP contribution in [0.4, 0.5) is 19.3 Å². The number of hydrogen-bond acceptors (Lipinski definition) is 7. The van der Waals surface area contributed by atoms with Crippen LogP contribution in [0.1, 0.15) is 28.5 Å². The van der Waals surface area contributed by atoms with Crippen LogP contribution >= 0.6 is 0 Å². The number of fused-ring (bicyclic) bond motifs is 3. The highest BCUT2D eigenvalue weighted by molar-refractivity contribution is 7.89. The van der Waals surface area contributed by atoms with Gasteiger partial charge in [-0.3, -0.25) is 9.69 Å². The third kappa shape index (κ3) is 3.66. The van der Waals surface area contributed by atoms with E-state index in [2.05, 4.69) is 15.3 Å². The van der Waals surface area contributed by atoms with Crippen LogP contribution in [-0.4, -0.2) is 35.4 Å². The Kier molecular flexibility index (Phi) is 5.32. The number of hydrogen-bond donors (Lipinski definition) is 3. The number of nitrogens with zero attached hydrogens (tertiary/aromatic N) is 3. The van der Waals surface area contributed by atoms with E-state index in [1.165, 1.54) is 19.2 Å². The number of Topliss-reactive ketones (excluding diaryl/α,β-unsaturated/α-hetero) is 1. The van der Waals surface area contributed by atoms with Crippen molar-refractivity contribution in [2.45, 2.75) is 24.9 Å². The number of anilines is 1. The molecular weight excluding hydrogens is 448 g/mol. The Bertz CT molecular complexity index is 1370. The second kappa shape index (κ2) is 7.85. The minimum atomic E-state index is -4.50. The summed E-state index contributed by atoms with van der Waals surface area (Å²) < 4.78 is 52.6. The first kappa shape index (κ1) is 21.7. The Hall–Kier alpha value is -3.55. The normalized spacial score (nSPS) is 13.8. The summed E-state index contributed by atoms with van der Waals surface area (Å²) in [4.78, 5) is 33.9. The molecule has 0 saturated carbocycles. The average molecular weight is 463 g/mol. The Morgan fingerprint density at radius 3 is 2.59 bits per heavy atom. The van der Waals surface area contributed by atoms with Gasteiger partial charge >= 0.3 is 6.03 Å². The van der Waals surface area contributed by atoms with Gasteiger partial charge in [0.2, 0.25) is 0 Å². The third-order valence-corrected chi connectivity index (χ3v) is 6.04. The van der Waals surface area contributed by atoms with Crippen molar-refractivity contribution in [3.8, 4) is 0 Å². The second-order valence-corrected chi connectivity index (χ2v) is 8.62. The van der Waals surface area contributed by atoms with Crippen molar-refractivity contribution in [2.75, 3.05) is 4.90 Å². The number of nitrogens with one attached hydrogen (secondary N) is 2. The number of ketones is 1. The zero-order valence-electron chi connectivity index (χ0n) is 16.4. The van der Waals surface area contributed by atoms with Crippen LogP contribution in [0, 0.1) is 11.6 Å². The number of rotatable bonds is 5. The van der Waals surface area contributed by atoms with Gasteiger partial charge in [0.05, 0.1) is 17.1 Å². The van der Waals surface area contributed by atoms with Gasteiger partial charge in [-0.1, -0.05) is 4.89 Å². The Morgan fingerprint density at radius 1 is 1.28 bits per heavy atom.